The van der Waals surface area contributed by atoms with E-state index in [1.54, 1.807) is 0 Å². The quantitative estimate of drug-likeness (QED) is 0.0571. The lowest BCUT2D eigenvalue weighted by Crippen LogP contribution is -2.71. The minimum absolute atomic E-state index is 0.689. The molecule has 18 N–H and O–H groups in total. The Kier molecular flexibility index (Phi) is 20.7. The lowest BCUT2D eigenvalue weighted by atomic mass is 9.88. The number of hydrogen-bond acceptors (Lipinski definition) is 27. The highest BCUT2D eigenvalue weighted by Crippen LogP contribution is 2.39. The maximum Gasteiger partial charge on any atom is 0.364 e. The molecule has 71 heavy (non-hydrogen) atoms. The molecule has 5 fully saturated rings. The van der Waals surface area contributed by atoms with Crippen LogP contribution in [0.25, 0.3) is 0 Å². The fourth-order valence-electron chi connectivity index (χ4n) is 9.09. The van der Waals surface area contributed by atoms with E-state index in [1.807, 2.05) is 0 Å². The number of rotatable bonds is 19. The molecule has 0 radical (unpaired) electrons. The van der Waals surface area contributed by atoms with Crippen LogP contribution in [0.1, 0.15) is 34.1 Å². The Bertz CT molecular complexity index is 1770. The molecule has 5 aliphatic rings. The summed E-state index contributed by atoms with van der Waals surface area (Å²) in [5, 5.41) is 167. The van der Waals surface area contributed by atoms with Crippen LogP contribution >= 0.6 is 0 Å². The van der Waals surface area contributed by atoms with E-state index in [0.29, 0.717) is 0 Å². The van der Waals surface area contributed by atoms with Gasteiger partial charge in [-0.2, -0.15) is 0 Å². The highest BCUT2D eigenvalue weighted by atomic mass is 16.8. The summed E-state index contributed by atoms with van der Waals surface area (Å²) in [5.74, 6) is -7.40. The SMILES string of the molecule is CC(=O)NC1[C@H](OCC2O[C@H](C)C(NC(C)=O)[C@@H](O[C@@H]3OC(CO)[C@H](O)[C@H](O[C@]4(C(=O)O)CC(O)[C@@H](NC(C)=O)C([C@H](O)[C@H](O)CO)O4)C3O)[C@H]2O)OC(CO)[C@@H](O[C@@H]2OC(CO)[C@H](O)[C@H](O)C2O)[C@@H]1O. The van der Waals surface area contributed by atoms with Crippen LogP contribution in [0, 0.1) is 0 Å². The van der Waals surface area contributed by atoms with Crippen LogP contribution in [0.5, 0.6) is 0 Å². The molecular weight excluding hydrogens is 970 g/mol. The van der Waals surface area contributed by atoms with Crippen molar-refractivity contribution in [2.75, 3.05) is 33.0 Å². The molecule has 0 aromatic heterocycles. The normalized spacial score (nSPS) is 45.0. The number of aliphatic hydroxyl groups excluding tert-OH is 14. The molecule has 26 atom stereocenters. The highest BCUT2D eigenvalue weighted by Gasteiger charge is 2.60. The molecule has 0 aromatic carbocycles. The number of nitrogens with one attached hydrogen (secondary N) is 3. The van der Waals surface area contributed by atoms with E-state index >= 15 is 0 Å². The second-order valence-electron chi connectivity index (χ2n) is 17.9. The first-order valence-electron chi connectivity index (χ1n) is 22.5. The number of hydrogen-bond donors (Lipinski definition) is 18. The first-order valence-corrected chi connectivity index (χ1v) is 22.5. The fourth-order valence-corrected chi connectivity index (χ4v) is 9.09. The lowest BCUT2D eigenvalue weighted by molar-refractivity contribution is -0.378. The molecule has 10 unspecified atom stereocenters. The van der Waals surface area contributed by atoms with Crippen LogP contribution in [0.3, 0.4) is 0 Å². The Labute approximate surface area is 403 Å². The number of carboxylic acids is 1. The number of ether oxygens (including phenoxy) is 9. The maximum atomic E-state index is 13.0. The molecule has 0 aromatic rings. The number of amides is 3. The molecule has 31 nitrogen and oxygen atoms in total. The number of aliphatic carboxylic acids is 1. The van der Waals surface area contributed by atoms with Crippen LogP contribution < -0.4 is 16.0 Å². The minimum atomic E-state index is -3.14. The van der Waals surface area contributed by atoms with Crippen molar-refractivity contribution in [2.45, 2.75) is 193 Å². The molecule has 3 amide bonds. The minimum Gasteiger partial charge on any atom is -0.477 e. The van der Waals surface area contributed by atoms with E-state index in [4.69, 9.17) is 42.6 Å². The van der Waals surface area contributed by atoms with Crippen molar-refractivity contribution >= 4 is 23.7 Å². The zero-order chi connectivity index (χ0) is 53.0. The zero-order valence-electron chi connectivity index (χ0n) is 38.7. The first-order chi connectivity index (χ1) is 33.3. The van der Waals surface area contributed by atoms with Crippen molar-refractivity contribution in [1.29, 1.82) is 0 Å². The zero-order valence-corrected chi connectivity index (χ0v) is 38.7. The third-order valence-electron chi connectivity index (χ3n) is 12.8. The summed E-state index contributed by atoms with van der Waals surface area (Å²) in [6.45, 7) is -0.0155. The molecule has 0 saturated carbocycles. The lowest BCUT2D eigenvalue weighted by Gasteiger charge is -2.51. The maximum absolute atomic E-state index is 13.0. The topological polar surface area (TPSA) is 491 Å². The molecule has 410 valence electrons. The monoisotopic (exact) mass is 1040 g/mol. The summed E-state index contributed by atoms with van der Waals surface area (Å²) in [7, 11) is 0. The van der Waals surface area contributed by atoms with Gasteiger partial charge in [0.25, 0.3) is 5.79 Å². The van der Waals surface area contributed by atoms with Gasteiger partial charge in [-0.1, -0.05) is 0 Å². The van der Waals surface area contributed by atoms with Gasteiger partial charge in [-0.15, -0.1) is 0 Å². The Morgan fingerprint density at radius 1 is 0.592 bits per heavy atom. The average molecular weight is 1040 g/mol. The van der Waals surface area contributed by atoms with Crippen molar-refractivity contribution in [3.63, 3.8) is 0 Å². The number of aliphatic hydroxyl groups is 14. The number of carboxylic acid groups (broad SMARTS) is 1. The van der Waals surface area contributed by atoms with Gasteiger partial charge in [0.05, 0.1) is 57.3 Å². The van der Waals surface area contributed by atoms with Gasteiger partial charge >= 0.3 is 5.97 Å². The summed E-state index contributed by atoms with van der Waals surface area (Å²) in [6.07, 6.45) is -41.7. The van der Waals surface area contributed by atoms with E-state index in [-0.39, 0.29) is 0 Å². The standard InChI is InChI=1S/C40H67N3O28/c1-11-21(41-12(2)48)33(27(56)20(64-11)10-63-36-23(43-14(4)50)28(57)32(19(9-47)67-36)68-37-30(59)29(58)25(54)17(7-45)65-37)69-38-31(60)35(26(55)18(8-46)66-38)71-40(39(61)62)5-15(51)22(42-13(3)49)34(70-40)24(53)16(52)6-44/h11,15-38,44-47,51-60H,5-10H2,1-4H3,(H,41,48)(H,42,49)(H,43,50)(H,61,62)/t11-,15?,16-,17?,18?,19?,20?,21?,22-,23?,24-,25+,26+,27+,28-,29+,30?,31?,32-,33-,34?,35+,36-,37+,38+,40+/m1/s1. The van der Waals surface area contributed by atoms with Crippen LogP contribution in [0.15, 0.2) is 0 Å². The van der Waals surface area contributed by atoms with Crippen LogP contribution in [-0.2, 0) is 61.8 Å². The summed E-state index contributed by atoms with van der Waals surface area (Å²) >= 11 is 0. The molecule has 5 aliphatic heterocycles. The van der Waals surface area contributed by atoms with Crippen LogP contribution in [-0.4, -0.2) is 292 Å². The van der Waals surface area contributed by atoms with Gasteiger partial charge in [-0.3, -0.25) is 14.4 Å². The third-order valence-corrected chi connectivity index (χ3v) is 12.8. The summed E-state index contributed by atoms with van der Waals surface area (Å²) in [5.41, 5.74) is 0. The second-order valence-corrected chi connectivity index (χ2v) is 17.9. The smallest absolute Gasteiger partial charge is 0.364 e. The fraction of sp³-hybridized carbons (Fsp3) is 0.900. The molecule has 5 rings (SSSR count). The Balaban J connectivity index is 1.39. The molecule has 5 heterocycles. The number of carbonyl (C=O) groups is 4. The van der Waals surface area contributed by atoms with Gasteiger partial charge in [-0.25, -0.2) is 4.79 Å². The van der Waals surface area contributed by atoms with Gasteiger partial charge in [0, 0.05) is 27.2 Å². The summed E-state index contributed by atoms with van der Waals surface area (Å²) < 4.78 is 51.9. The highest BCUT2D eigenvalue weighted by molar-refractivity contribution is 5.77. The van der Waals surface area contributed by atoms with Crippen molar-refractivity contribution in [1.82, 2.24) is 16.0 Å². The van der Waals surface area contributed by atoms with Crippen LogP contribution in [0.2, 0.25) is 0 Å². The molecule has 0 aliphatic carbocycles. The molecule has 31 heteroatoms. The van der Waals surface area contributed by atoms with Crippen LogP contribution in [0.4, 0.5) is 0 Å². The van der Waals surface area contributed by atoms with Gasteiger partial charge < -0.3 is 135 Å². The van der Waals surface area contributed by atoms with Crippen molar-refractivity contribution in [2.24, 2.45) is 0 Å². The number of carbonyl (C=O) groups excluding carboxylic acids is 3. The third kappa shape index (κ3) is 13.1. The largest absolute Gasteiger partial charge is 0.477 e. The molecular formula is C40H67N3O28. The summed E-state index contributed by atoms with van der Waals surface area (Å²) in [4.78, 5) is 49.9. The van der Waals surface area contributed by atoms with Crippen molar-refractivity contribution in [3.05, 3.63) is 0 Å². The second kappa shape index (κ2) is 25.0. The van der Waals surface area contributed by atoms with Gasteiger partial charge in [0.1, 0.15) is 110 Å². The van der Waals surface area contributed by atoms with E-state index in [9.17, 15) is 95.8 Å². The van der Waals surface area contributed by atoms with Crippen molar-refractivity contribution in [3.8, 4) is 0 Å². The van der Waals surface area contributed by atoms with E-state index < -0.39 is 222 Å². The van der Waals surface area contributed by atoms with E-state index in [1.165, 1.54) is 6.92 Å². The Hall–Kier alpha value is -3.04. The Morgan fingerprint density at radius 3 is 1.65 bits per heavy atom. The molecule has 5 saturated heterocycles. The predicted octanol–water partition coefficient (Wildman–Crippen LogP) is -11.2. The van der Waals surface area contributed by atoms with E-state index in [0.717, 1.165) is 20.8 Å². The predicted molar refractivity (Wildman–Crippen MR) is 222 cm³/mol. The average Bonchev–Trinajstić information content (AvgIpc) is 3.31. The van der Waals surface area contributed by atoms with Gasteiger partial charge in [-0.05, 0) is 6.92 Å². The van der Waals surface area contributed by atoms with E-state index in [2.05, 4.69) is 16.0 Å². The van der Waals surface area contributed by atoms with Crippen molar-refractivity contribution < 1.29 is 138 Å². The molecule has 0 spiro atoms. The first kappa shape index (κ1) is 58.8. The van der Waals surface area contributed by atoms with Gasteiger partial charge in [0.15, 0.2) is 18.9 Å². The Morgan fingerprint density at radius 2 is 1.10 bits per heavy atom. The van der Waals surface area contributed by atoms with Gasteiger partial charge in [0.2, 0.25) is 17.7 Å². The summed E-state index contributed by atoms with van der Waals surface area (Å²) in [6, 6.07) is -4.51. The molecule has 0 bridgehead atoms.